The molecule has 1 aromatic carbocycles. The number of aromatic nitrogens is 2. The van der Waals surface area contributed by atoms with E-state index in [0.717, 1.165) is 17.8 Å². The van der Waals surface area contributed by atoms with Gasteiger partial charge in [-0.1, -0.05) is 12.1 Å². The van der Waals surface area contributed by atoms with Crippen LogP contribution < -0.4 is 0 Å². The van der Waals surface area contributed by atoms with Gasteiger partial charge in [0.1, 0.15) is 16.4 Å². The number of thioether (sulfide) groups is 1. The van der Waals surface area contributed by atoms with Crippen molar-refractivity contribution >= 4 is 17.7 Å². The Balaban J connectivity index is 2.32. The molecule has 4 nitrogen and oxygen atoms in total. The fourth-order valence-corrected chi connectivity index (χ4v) is 2.93. The Hall–Kier alpha value is -2.02. The van der Waals surface area contributed by atoms with Crippen LogP contribution in [0.5, 0.6) is 0 Å². The number of aryl methyl sites for hydroxylation is 2. The lowest BCUT2D eigenvalue weighted by Crippen LogP contribution is -2.08. The highest BCUT2D eigenvalue weighted by Gasteiger charge is 2.18. The molecule has 0 saturated heterocycles. The standard InChI is InChI=1S/C14H12F2N2O2S/c1-7-11(14(19)20)13(18-8(2)17-7)21-6-9-4-3-5-10(15)12(9)16/h3-5H,6H2,1-2H3,(H,19,20). The summed E-state index contributed by atoms with van der Waals surface area (Å²) in [4.78, 5) is 19.3. The predicted octanol–water partition coefficient (Wildman–Crippen LogP) is 3.36. The lowest BCUT2D eigenvalue weighted by Gasteiger charge is -2.09. The van der Waals surface area contributed by atoms with Crippen LogP contribution in [0.2, 0.25) is 0 Å². The third-order valence-electron chi connectivity index (χ3n) is 2.78. The molecule has 0 aliphatic rings. The first kappa shape index (κ1) is 15.4. The predicted molar refractivity (Wildman–Crippen MR) is 74.4 cm³/mol. The highest BCUT2D eigenvalue weighted by molar-refractivity contribution is 7.98. The maximum atomic E-state index is 13.6. The monoisotopic (exact) mass is 310 g/mol. The third kappa shape index (κ3) is 3.36. The second-order valence-corrected chi connectivity index (χ2v) is 5.31. The second kappa shape index (κ2) is 6.17. The molecule has 0 bridgehead atoms. The molecule has 21 heavy (non-hydrogen) atoms. The molecule has 0 aliphatic carbocycles. The van der Waals surface area contributed by atoms with Crippen LogP contribution in [0.4, 0.5) is 8.78 Å². The van der Waals surface area contributed by atoms with Crippen LogP contribution >= 0.6 is 11.8 Å². The smallest absolute Gasteiger partial charge is 0.340 e. The summed E-state index contributed by atoms with van der Waals surface area (Å²) in [6.07, 6.45) is 0. The summed E-state index contributed by atoms with van der Waals surface area (Å²) in [6, 6.07) is 3.89. The number of carbonyl (C=O) groups is 1. The average Bonchev–Trinajstić information content (AvgIpc) is 2.39. The summed E-state index contributed by atoms with van der Waals surface area (Å²) in [5.74, 6) is -2.49. The molecule has 0 atom stereocenters. The van der Waals surface area contributed by atoms with Gasteiger partial charge in [0.15, 0.2) is 11.6 Å². The first-order chi connectivity index (χ1) is 9.90. The quantitative estimate of drug-likeness (QED) is 0.693. The first-order valence-corrected chi connectivity index (χ1v) is 7.03. The van der Waals surface area contributed by atoms with E-state index >= 15 is 0 Å². The minimum atomic E-state index is -1.14. The molecule has 0 spiro atoms. The SMILES string of the molecule is Cc1nc(C)c(C(=O)O)c(SCc2cccc(F)c2F)n1. The summed E-state index contributed by atoms with van der Waals surface area (Å²) in [6.45, 7) is 3.22. The van der Waals surface area contributed by atoms with Gasteiger partial charge >= 0.3 is 5.97 Å². The van der Waals surface area contributed by atoms with E-state index in [1.807, 2.05) is 0 Å². The Morgan fingerprint density at radius 1 is 1.29 bits per heavy atom. The highest BCUT2D eigenvalue weighted by atomic mass is 32.2. The van der Waals surface area contributed by atoms with Crippen molar-refractivity contribution in [2.75, 3.05) is 0 Å². The van der Waals surface area contributed by atoms with Crippen molar-refractivity contribution in [3.8, 4) is 0 Å². The Kier molecular flexibility index (Phi) is 4.52. The molecule has 1 aromatic heterocycles. The van der Waals surface area contributed by atoms with Crippen LogP contribution in [0.3, 0.4) is 0 Å². The van der Waals surface area contributed by atoms with E-state index in [1.54, 1.807) is 13.8 Å². The van der Waals surface area contributed by atoms with Crippen molar-refractivity contribution in [3.05, 3.63) is 52.5 Å². The van der Waals surface area contributed by atoms with E-state index in [4.69, 9.17) is 0 Å². The van der Waals surface area contributed by atoms with Gasteiger partial charge in [0.05, 0.1) is 5.69 Å². The average molecular weight is 310 g/mol. The number of halogens is 2. The van der Waals surface area contributed by atoms with Crippen molar-refractivity contribution in [1.82, 2.24) is 9.97 Å². The Morgan fingerprint density at radius 2 is 2.00 bits per heavy atom. The Bertz CT molecular complexity index is 708. The molecule has 110 valence electrons. The number of carboxylic acid groups (broad SMARTS) is 1. The molecule has 0 fully saturated rings. The number of benzene rings is 1. The van der Waals surface area contributed by atoms with Gasteiger partial charge in [-0.2, -0.15) is 0 Å². The molecule has 2 rings (SSSR count). The zero-order valence-corrected chi connectivity index (χ0v) is 12.2. The van der Waals surface area contributed by atoms with Gasteiger partial charge in [-0.3, -0.25) is 0 Å². The van der Waals surface area contributed by atoms with E-state index in [9.17, 15) is 18.7 Å². The lowest BCUT2D eigenvalue weighted by atomic mass is 10.2. The van der Waals surface area contributed by atoms with E-state index in [0.29, 0.717) is 11.5 Å². The molecular weight excluding hydrogens is 298 g/mol. The molecule has 0 radical (unpaired) electrons. The number of nitrogens with zero attached hydrogens (tertiary/aromatic N) is 2. The van der Waals surface area contributed by atoms with Crippen LogP contribution in [0.1, 0.15) is 27.4 Å². The van der Waals surface area contributed by atoms with Crippen LogP contribution in [-0.4, -0.2) is 21.0 Å². The van der Waals surface area contributed by atoms with E-state index in [-0.39, 0.29) is 21.9 Å². The highest BCUT2D eigenvalue weighted by Crippen LogP contribution is 2.27. The third-order valence-corrected chi connectivity index (χ3v) is 3.80. The number of hydrogen-bond donors (Lipinski definition) is 1. The molecule has 1 heterocycles. The van der Waals surface area contributed by atoms with Gasteiger partial charge in [-0.05, 0) is 19.9 Å². The largest absolute Gasteiger partial charge is 0.478 e. The normalized spacial score (nSPS) is 10.7. The molecular formula is C14H12F2N2O2S. The molecule has 0 saturated carbocycles. The minimum absolute atomic E-state index is 0.0117. The minimum Gasteiger partial charge on any atom is -0.478 e. The summed E-state index contributed by atoms with van der Waals surface area (Å²) < 4.78 is 26.7. The van der Waals surface area contributed by atoms with Gasteiger partial charge in [-0.25, -0.2) is 23.5 Å². The zero-order chi connectivity index (χ0) is 15.6. The number of aromatic carboxylic acids is 1. The van der Waals surface area contributed by atoms with E-state index in [2.05, 4.69) is 9.97 Å². The molecule has 2 aromatic rings. The summed E-state index contributed by atoms with van der Waals surface area (Å²) >= 11 is 1.04. The Morgan fingerprint density at radius 3 is 2.67 bits per heavy atom. The Labute approximate surface area is 124 Å². The van der Waals surface area contributed by atoms with E-state index < -0.39 is 17.6 Å². The van der Waals surface area contributed by atoms with E-state index in [1.165, 1.54) is 12.1 Å². The number of carboxylic acids is 1. The van der Waals surface area contributed by atoms with Crippen molar-refractivity contribution < 1.29 is 18.7 Å². The van der Waals surface area contributed by atoms with Crippen molar-refractivity contribution in [2.45, 2.75) is 24.6 Å². The van der Waals surface area contributed by atoms with Gasteiger partial charge in [0.25, 0.3) is 0 Å². The van der Waals surface area contributed by atoms with Gasteiger partial charge in [0.2, 0.25) is 0 Å². The van der Waals surface area contributed by atoms with Gasteiger partial charge < -0.3 is 5.11 Å². The maximum absolute atomic E-state index is 13.6. The first-order valence-electron chi connectivity index (χ1n) is 6.04. The molecule has 0 unspecified atom stereocenters. The van der Waals surface area contributed by atoms with Crippen LogP contribution in [0.15, 0.2) is 23.2 Å². The summed E-state index contributed by atoms with van der Waals surface area (Å²) in [5, 5.41) is 9.45. The molecule has 0 amide bonds. The van der Waals surface area contributed by atoms with Crippen LogP contribution in [0.25, 0.3) is 0 Å². The van der Waals surface area contributed by atoms with Gasteiger partial charge in [-0.15, -0.1) is 11.8 Å². The maximum Gasteiger partial charge on any atom is 0.340 e. The van der Waals surface area contributed by atoms with Crippen molar-refractivity contribution in [2.24, 2.45) is 0 Å². The van der Waals surface area contributed by atoms with Gasteiger partial charge in [0, 0.05) is 11.3 Å². The molecule has 7 heteroatoms. The van der Waals surface area contributed by atoms with Crippen molar-refractivity contribution in [3.63, 3.8) is 0 Å². The summed E-state index contributed by atoms with van der Waals surface area (Å²) in [5.41, 5.74) is 0.491. The second-order valence-electron chi connectivity index (χ2n) is 4.34. The molecule has 1 N–H and O–H groups in total. The van der Waals surface area contributed by atoms with Crippen molar-refractivity contribution in [1.29, 1.82) is 0 Å². The molecule has 0 aliphatic heterocycles. The summed E-state index contributed by atoms with van der Waals surface area (Å²) in [7, 11) is 0. The fraction of sp³-hybridized carbons (Fsp3) is 0.214. The number of hydrogen-bond acceptors (Lipinski definition) is 4. The topological polar surface area (TPSA) is 63.1 Å². The lowest BCUT2D eigenvalue weighted by molar-refractivity contribution is 0.0690. The number of rotatable bonds is 4. The van der Waals surface area contributed by atoms with Crippen LogP contribution in [-0.2, 0) is 5.75 Å². The zero-order valence-electron chi connectivity index (χ0n) is 11.4. The van der Waals surface area contributed by atoms with Crippen LogP contribution in [0, 0.1) is 25.5 Å². The fourth-order valence-electron chi connectivity index (χ4n) is 1.84.